The van der Waals surface area contributed by atoms with E-state index in [0.29, 0.717) is 6.54 Å². The van der Waals surface area contributed by atoms with E-state index in [1.165, 1.54) is 5.56 Å². The monoisotopic (exact) mass is 401 g/mol. The average Bonchev–Trinajstić information content (AvgIpc) is 2.73. The SMILES string of the molecule is COc1ccc(CCNC(=O)[C@H](C)N2CCN(c3cccc(Cl)c3)CC2)cc1. The molecule has 1 atom stereocenters. The number of hydrogen-bond acceptors (Lipinski definition) is 4. The molecule has 28 heavy (non-hydrogen) atoms. The van der Waals surface area contributed by atoms with Crippen LogP contribution in [0.4, 0.5) is 5.69 Å². The zero-order chi connectivity index (χ0) is 19.9. The van der Waals surface area contributed by atoms with Crippen LogP contribution in [0.5, 0.6) is 5.75 Å². The molecular weight excluding hydrogens is 374 g/mol. The van der Waals surface area contributed by atoms with Crippen LogP contribution in [0.3, 0.4) is 0 Å². The first-order valence-electron chi connectivity index (χ1n) is 9.72. The molecule has 3 rings (SSSR count). The number of benzene rings is 2. The van der Waals surface area contributed by atoms with Gasteiger partial charge in [0.1, 0.15) is 5.75 Å². The molecule has 1 aliphatic rings. The maximum atomic E-state index is 12.5. The summed E-state index contributed by atoms with van der Waals surface area (Å²) in [7, 11) is 1.66. The fourth-order valence-electron chi connectivity index (χ4n) is 3.48. The van der Waals surface area contributed by atoms with Crippen molar-refractivity contribution in [3.05, 3.63) is 59.1 Å². The van der Waals surface area contributed by atoms with Crippen LogP contribution >= 0.6 is 11.6 Å². The minimum Gasteiger partial charge on any atom is -0.497 e. The molecule has 0 saturated carbocycles. The van der Waals surface area contributed by atoms with Crippen molar-refractivity contribution in [3.63, 3.8) is 0 Å². The zero-order valence-corrected chi connectivity index (χ0v) is 17.3. The van der Waals surface area contributed by atoms with Crippen LogP contribution in [0, 0.1) is 0 Å². The van der Waals surface area contributed by atoms with E-state index in [4.69, 9.17) is 16.3 Å². The Balaban J connectivity index is 1.42. The van der Waals surface area contributed by atoms with Gasteiger partial charge < -0.3 is 15.0 Å². The number of carbonyl (C=O) groups excluding carboxylic acids is 1. The topological polar surface area (TPSA) is 44.8 Å². The fourth-order valence-corrected chi connectivity index (χ4v) is 3.66. The van der Waals surface area contributed by atoms with Crippen LogP contribution in [0.2, 0.25) is 5.02 Å². The predicted molar refractivity (Wildman–Crippen MR) is 114 cm³/mol. The van der Waals surface area contributed by atoms with Gasteiger partial charge in [0.25, 0.3) is 0 Å². The number of carbonyl (C=O) groups is 1. The van der Waals surface area contributed by atoms with Gasteiger partial charge >= 0.3 is 0 Å². The second kappa shape index (κ2) is 9.80. The lowest BCUT2D eigenvalue weighted by Crippen LogP contribution is -2.54. The molecule has 0 spiro atoms. The summed E-state index contributed by atoms with van der Waals surface area (Å²) >= 11 is 6.10. The summed E-state index contributed by atoms with van der Waals surface area (Å²) in [6.45, 7) is 6.13. The summed E-state index contributed by atoms with van der Waals surface area (Å²) in [5.74, 6) is 0.933. The lowest BCUT2D eigenvalue weighted by atomic mass is 10.1. The van der Waals surface area contributed by atoms with E-state index in [1.54, 1.807) is 7.11 Å². The molecule has 2 aromatic carbocycles. The van der Waals surface area contributed by atoms with Crippen molar-refractivity contribution in [1.82, 2.24) is 10.2 Å². The Hall–Kier alpha value is -2.24. The molecule has 1 saturated heterocycles. The van der Waals surface area contributed by atoms with E-state index >= 15 is 0 Å². The molecule has 5 nitrogen and oxygen atoms in total. The summed E-state index contributed by atoms with van der Waals surface area (Å²) in [4.78, 5) is 17.1. The summed E-state index contributed by atoms with van der Waals surface area (Å²) in [6.07, 6.45) is 0.811. The highest BCUT2D eigenvalue weighted by Gasteiger charge is 2.25. The molecule has 150 valence electrons. The molecule has 1 heterocycles. The summed E-state index contributed by atoms with van der Waals surface area (Å²) in [5.41, 5.74) is 2.33. The van der Waals surface area contributed by atoms with E-state index in [9.17, 15) is 4.79 Å². The van der Waals surface area contributed by atoms with Crippen LogP contribution in [0.25, 0.3) is 0 Å². The number of nitrogens with one attached hydrogen (secondary N) is 1. The van der Waals surface area contributed by atoms with Gasteiger partial charge in [-0.05, 0) is 49.2 Å². The molecule has 0 aromatic heterocycles. The second-order valence-electron chi connectivity index (χ2n) is 7.07. The van der Waals surface area contributed by atoms with Gasteiger partial charge in [0, 0.05) is 43.4 Å². The number of anilines is 1. The molecule has 1 aliphatic heterocycles. The van der Waals surface area contributed by atoms with Gasteiger partial charge in [0.15, 0.2) is 0 Å². The van der Waals surface area contributed by atoms with Crippen molar-refractivity contribution in [1.29, 1.82) is 0 Å². The van der Waals surface area contributed by atoms with Crippen LogP contribution in [0.1, 0.15) is 12.5 Å². The molecule has 1 fully saturated rings. The van der Waals surface area contributed by atoms with Crippen LogP contribution in [0.15, 0.2) is 48.5 Å². The largest absolute Gasteiger partial charge is 0.497 e. The van der Waals surface area contributed by atoms with E-state index in [1.807, 2.05) is 49.4 Å². The first kappa shape index (κ1) is 20.5. The van der Waals surface area contributed by atoms with Gasteiger partial charge in [0.2, 0.25) is 5.91 Å². The maximum Gasteiger partial charge on any atom is 0.237 e. The predicted octanol–water partition coefficient (Wildman–Crippen LogP) is 3.22. The number of piperazine rings is 1. The van der Waals surface area contributed by atoms with Gasteiger partial charge in [0.05, 0.1) is 13.2 Å². The fraction of sp³-hybridized carbons (Fsp3) is 0.409. The van der Waals surface area contributed by atoms with Crippen LogP contribution < -0.4 is 15.0 Å². The minimum atomic E-state index is -0.127. The lowest BCUT2D eigenvalue weighted by Gasteiger charge is -2.38. The van der Waals surface area contributed by atoms with E-state index in [0.717, 1.165) is 49.1 Å². The van der Waals surface area contributed by atoms with Gasteiger partial charge in [-0.2, -0.15) is 0 Å². The van der Waals surface area contributed by atoms with E-state index in [2.05, 4.69) is 21.2 Å². The third-order valence-corrected chi connectivity index (χ3v) is 5.52. The molecule has 0 unspecified atom stereocenters. The number of ether oxygens (including phenoxy) is 1. The van der Waals surface area contributed by atoms with Gasteiger partial charge in [-0.15, -0.1) is 0 Å². The molecule has 2 aromatic rings. The molecule has 6 heteroatoms. The first-order chi connectivity index (χ1) is 13.6. The Morgan fingerprint density at radius 3 is 2.50 bits per heavy atom. The number of rotatable bonds is 7. The molecular formula is C22H28ClN3O2. The second-order valence-corrected chi connectivity index (χ2v) is 7.50. The standard InChI is InChI=1S/C22H28ClN3O2/c1-17(22(27)24-11-10-18-6-8-21(28-2)9-7-18)25-12-14-26(15-13-25)20-5-3-4-19(23)16-20/h3-9,16-17H,10-15H2,1-2H3,(H,24,27)/t17-/m0/s1. The molecule has 0 bridgehead atoms. The molecule has 0 radical (unpaired) electrons. The quantitative estimate of drug-likeness (QED) is 0.773. The Morgan fingerprint density at radius 1 is 1.14 bits per heavy atom. The maximum absolute atomic E-state index is 12.5. The van der Waals surface area contributed by atoms with Crippen molar-refractivity contribution in [2.45, 2.75) is 19.4 Å². The number of amides is 1. The minimum absolute atomic E-state index is 0.0877. The van der Waals surface area contributed by atoms with Crippen molar-refractivity contribution >= 4 is 23.2 Å². The van der Waals surface area contributed by atoms with Gasteiger partial charge in [-0.1, -0.05) is 29.8 Å². The molecule has 1 N–H and O–H groups in total. The smallest absolute Gasteiger partial charge is 0.237 e. The Morgan fingerprint density at radius 2 is 1.86 bits per heavy atom. The Bertz CT molecular complexity index is 774. The highest BCUT2D eigenvalue weighted by Crippen LogP contribution is 2.21. The van der Waals surface area contributed by atoms with Crippen LogP contribution in [-0.4, -0.2) is 56.7 Å². The van der Waals surface area contributed by atoms with Gasteiger partial charge in [-0.3, -0.25) is 9.69 Å². The van der Waals surface area contributed by atoms with Crippen LogP contribution in [-0.2, 0) is 11.2 Å². The van der Waals surface area contributed by atoms with Crippen molar-refractivity contribution in [2.75, 3.05) is 44.7 Å². The first-order valence-corrected chi connectivity index (χ1v) is 10.1. The zero-order valence-electron chi connectivity index (χ0n) is 16.5. The summed E-state index contributed by atoms with van der Waals surface area (Å²) < 4.78 is 5.17. The number of halogens is 1. The van der Waals surface area contributed by atoms with Crippen molar-refractivity contribution in [3.8, 4) is 5.75 Å². The Labute approximate surface area is 172 Å². The number of nitrogens with zero attached hydrogens (tertiary/aromatic N) is 2. The lowest BCUT2D eigenvalue weighted by molar-refractivity contribution is -0.125. The average molecular weight is 402 g/mol. The summed E-state index contributed by atoms with van der Waals surface area (Å²) in [6, 6.07) is 15.8. The third kappa shape index (κ3) is 5.40. The number of hydrogen-bond donors (Lipinski definition) is 1. The van der Waals surface area contributed by atoms with Crippen molar-refractivity contribution in [2.24, 2.45) is 0 Å². The highest BCUT2D eigenvalue weighted by atomic mass is 35.5. The van der Waals surface area contributed by atoms with E-state index in [-0.39, 0.29) is 11.9 Å². The summed E-state index contributed by atoms with van der Waals surface area (Å²) in [5, 5.41) is 3.82. The Kier molecular flexibility index (Phi) is 7.18. The van der Waals surface area contributed by atoms with Crippen molar-refractivity contribution < 1.29 is 9.53 Å². The van der Waals surface area contributed by atoms with Gasteiger partial charge in [-0.25, -0.2) is 0 Å². The number of methoxy groups -OCH3 is 1. The molecule has 1 amide bonds. The third-order valence-electron chi connectivity index (χ3n) is 5.29. The van der Waals surface area contributed by atoms with E-state index < -0.39 is 0 Å². The normalized spacial score (nSPS) is 15.9. The highest BCUT2D eigenvalue weighted by molar-refractivity contribution is 6.30. The molecule has 0 aliphatic carbocycles.